The van der Waals surface area contributed by atoms with Crippen LogP contribution in [0.4, 0.5) is 9.52 Å². The molecule has 0 radical (unpaired) electrons. The molecule has 0 spiro atoms. The van der Waals surface area contributed by atoms with E-state index in [9.17, 15) is 9.18 Å². The van der Waals surface area contributed by atoms with Gasteiger partial charge in [0.25, 0.3) is 5.91 Å². The molecule has 7 heteroatoms. The molecule has 0 atom stereocenters. The van der Waals surface area contributed by atoms with Crippen molar-refractivity contribution in [2.75, 3.05) is 5.32 Å². The van der Waals surface area contributed by atoms with Crippen LogP contribution in [0.25, 0.3) is 0 Å². The van der Waals surface area contributed by atoms with E-state index < -0.39 is 11.7 Å². The van der Waals surface area contributed by atoms with Crippen LogP contribution in [0, 0.1) is 5.82 Å². The molecular weight excluding hydrogens is 341 g/mol. The van der Waals surface area contributed by atoms with Gasteiger partial charge < -0.3 is 4.74 Å². The second-order valence-electron chi connectivity index (χ2n) is 5.22. The number of hydrogen-bond acceptors (Lipinski definition) is 5. The van der Waals surface area contributed by atoms with E-state index in [2.05, 4.69) is 22.4 Å². The number of anilines is 1. The summed E-state index contributed by atoms with van der Waals surface area (Å²) >= 11 is 1.19. The molecule has 3 aromatic rings. The van der Waals surface area contributed by atoms with Crippen molar-refractivity contribution in [2.24, 2.45) is 0 Å². The number of carbonyl (C=O) groups excluding carboxylic acids is 1. The van der Waals surface area contributed by atoms with E-state index in [0.29, 0.717) is 10.1 Å². The molecule has 0 aliphatic heterocycles. The number of nitrogens with zero attached hydrogens (tertiary/aromatic N) is 2. The van der Waals surface area contributed by atoms with Gasteiger partial charge in [-0.15, -0.1) is 10.2 Å². The van der Waals surface area contributed by atoms with Crippen LogP contribution in [0.1, 0.15) is 27.9 Å². The predicted octanol–water partition coefficient (Wildman–Crippen LogP) is 4.07. The van der Waals surface area contributed by atoms with Gasteiger partial charge in [-0.3, -0.25) is 10.1 Å². The summed E-state index contributed by atoms with van der Waals surface area (Å²) < 4.78 is 19.2. The summed E-state index contributed by atoms with van der Waals surface area (Å²) in [4.78, 5) is 12.0. The standard InChI is InChI=1S/C18H16FN3O2S/c1-2-12-7-9-13(10-8-12)24-11-16-21-22-18(25-16)20-17(23)14-5-3-4-6-15(14)19/h3-10H,2,11H2,1H3,(H,20,22,23). The Hall–Kier alpha value is -2.80. The lowest BCUT2D eigenvalue weighted by Crippen LogP contribution is -2.13. The van der Waals surface area contributed by atoms with Gasteiger partial charge in [0.1, 0.15) is 18.2 Å². The van der Waals surface area contributed by atoms with Crippen LogP contribution in [0.3, 0.4) is 0 Å². The third-order valence-corrected chi connectivity index (χ3v) is 4.31. The van der Waals surface area contributed by atoms with E-state index in [0.717, 1.165) is 12.2 Å². The Bertz CT molecular complexity index is 865. The van der Waals surface area contributed by atoms with Crippen molar-refractivity contribution < 1.29 is 13.9 Å². The van der Waals surface area contributed by atoms with Gasteiger partial charge in [0, 0.05) is 0 Å². The number of aromatic nitrogens is 2. The van der Waals surface area contributed by atoms with Gasteiger partial charge in [0.15, 0.2) is 5.01 Å². The number of carbonyl (C=O) groups is 1. The Balaban J connectivity index is 1.58. The van der Waals surface area contributed by atoms with Crippen LogP contribution in [0.2, 0.25) is 0 Å². The van der Waals surface area contributed by atoms with E-state index in [1.807, 2.05) is 24.3 Å². The Morgan fingerprint density at radius 1 is 1.16 bits per heavy atom. The Morgan fingerprint density at radius 2 is 1.92 bits per heavy atom. The quantitative estimate of drug-likeness (QED) is 0.722. The largest absolute Gasteiger partial charge is 0.486 e. The Kier molecular flexibility index (Phi) is 5.35. The van der Waals surface area contributed by atoms with E-state index >= 15 is 0 Å². The van der Waals surface area contributed by atoms with Gasteiger partial charge in [-0.25, -0.2) is 4.39 Å². The molecule has 5 nitrogen and oxygen atoms in total. The van der Waals surface area contributed by atoms with Crippen molar-refractivity contribution in [1.29, 1.82) is 0 Å². The lowest BCUT2D eigenvalue weighted by Gasteiger charge is -2.04. The SMILES string of the molecule is CCc1ccc(OCc2nnc(NC(=O)c3ccccc3F)s2)cc1. The maximum Gasteiger partial charge on any atom is 0.260 e. The average molecular weight is 357 g/mol. The molecule has 1 aromatic heterocycles. The van der Waals surface area contributed by atoms with Crippen molar-refractivity contribution in [1.82, 2.24) is 10.2 Å². The Labute approximate surface area is 148 Å². The predicted molar refractivity (Wildman–Crippen MR) is 94.4 cm³/mol. The van der Waals surface area contributed by atoms with Crippen molar-refractivity contribution in [3.8, 4) is 5.75 Å². The zero-order valence-corrected chi connectivity index (χ0v) is 14.3. The maximum atomic E-state index is 13.6. The zero-order chi connectivity index (χ0) is 17.6. The first-order valence-corrected chi connectivity index (χ1v) is 8.57. The second-order valence-corrected chi connectivity index (χ2v) is 6.28. The number of benzene rings is 2. The van der Waals surface area contributed by atoms with Crippen molar-refractivity contribution in [3.63, 3.8) is 0 Å². The van der Waals surface area contributed by atoms with E-state index in [4.69, 9.17) is 4.74 Å². The lowest BCUT2D eigenvalue weighted by molar-refractivity contribution is 0.102. The molecule has 25 heavy (non-hydrogen) atoms. The summed E-state index contributed by atoms with van der Waals surface area (Å²) in [6.45, 7) is 2.34. The highest BCUT2D eigenvalue weighted by Crippen LogP contribution is 2.20. The van der Waals surface area contributed by atoms with Gasteiger partial charge in [0.05, 0.1) is 5.56 Å². The minimum Gasteiger partial charge on any atom is -0.486 e. The molecule has 1 heterocycles. The molecule has 0 aliphatic carbocycles. The monoisotopic (exact) mass is 357 g/mol. The molecule has 0 unspecified atom stereocenters. The smallest absolute Gasteiger partial charge is 0.260 e. The minimum atomic E-state index is -0.580. The average Bonchev–Trinajstić information content (AvgIpc) is 3.08. The number of nitrogens with one attached hydrogen (secondary N) is 1. The van der Waals surface area contributed by atoms with E-state index in [-0.39, 0.29) is 12.2 Å². The van der Waals surface area contributed by atoms with Gasteiger partial charge in [-0.1, -0.05) is 42.5 Å². The fourth-order valence-corrected chi connectivity index (χ4v) is 2.79. The van der Waals surface area contributed by atoms with E-state index in [1.54, 1.807) is 6.07 Å². The normalized spacial score (nSPS) is 10.5. The van der Waals surface area contributed by atoms with Crippen LogP contribution >= 0.6 is 11.3 Å². The van der Waals surface area contributed by atoms with Crippen LogP contribution in [0.15, 0.2) is 48.5 Å². The summed E-state index contributed by atoms with van der Waals surface area (Å²) in [5, 5.41) is 11.3. The highest BCUT2D eigenvalue weighted by Gasteiger charge is 2.13. The fourth-order valence-electron chi connectivity index (χ4n) is 2.14. The topological polar surface area (TPSA) is 64.1 Å². The third-order valence-electron chi connectivity index (χ3n) is 3.50. The number of halogens is 1. The van der Waals surface area contributed by atoms with Crippen LogP contribution < -0.4 is 10.1 Å². The summed E-state index contributed by atoms with van der Waals surface area (Å²) in [5.41, 5.74) is 1.20. The number of amides is 1. The number of rotatable bonds is 6. The van der Waals surface area contributed by atoms with Gasteiger partial charge >= 0.3 is 0 Å². The van der Waals surface area contributed by atoms with Gasteiger partial charge in [-0.05, 0) is 36.2 Å². The third kappa shape index (κ3) is 4.39. The lowest BCUT2D eigenvalue weighted by atomic mass is 10.2. The molecule has 0 fully saturated rings. The van der Waals surface area contributed by atoms with Gasteiger partial charge in [-0.2, -0.15) is 0 Å². The number of aryl methyl sites for hydroxylation is 1. The molecule has 1 amide bonds. The summed E-state index contributed by atoms with van der Waals surface area (Å²) in [6, 6.07) is 13.6. The molecule has 1 N–H and O–H groups in total. The zero-order valence-electron chi connectivity index (χ0n) is 13.5. The van der Waals surface area contributed by atoms with Crippen molar-refractivity contribution >= 4 is 22.4 Å². The first-order chi connectivity index (χ1) is 12.2. The highest BCUT2D eigenvalue weighted by molar-refractivity contribution is 7.15. The number of hydrogen-bond donors (Lipinski definition) is 1. The first kappa shape index (κ1) is 17.0. The summed E-state index contributed by atoms with van der Waals surface area (Å²) in [6.07, 6.45) is 0.974. The molecular formula is C18H16FN3O2S. The molecule has 0 aliphatic rings. The molecule has 0 bridgehead atoms. The van der Waals surface area contributed by atoms with Crippen molar-refractivity contribution in [3.05, 3.63) is 70.5 Å². The Morgan fingerprint density at radius 3 is 2.64 bits per heavy atom. The molecule has 2 aromatic carbocycles. The van der Waals surface area contributed by atoms with Crippen molar-refractivity contribution in [2.45, 2.75) is 20.0 Å². The molecule has 128 valence electrons. The molecule has 3 rings (SSSR count). The summed E-state index contributed by atoms with van der Waals surface area (Å²) in [7, 11) is 0. The van der Waals surface area contributed by atoms with Crippen LogP contribution in [0.5, 0.6) is 5.75 Å². The first-order valence-electron chi connectivity index (χ1n) is 7.75. The van der Waals surface area contributed by atoms with E-state index in [1.165, 1.54) is 35.1 Å². The number of ether oxygens (including phenoxy) is 1. The maximum absolute atomic E-state index is 13.6. The molecule has 0 saturated heterocycles. The summed E-state index contributed by atoms with van der Waals surface area (Å²) in [5.74, 6) is -0.398. The van der Waals surface area contributed by atoms with Crippen LogP contribution in [-0.4, -0.2) is 16.1 Å². The van der Waals surface area contributed by atoms with Gasteiger partial charge in [0.2, 0.25) is 5.13 Å². The highest BCUT2D eigenvalue weighted by atomic mass is 32.1. The minimum absolute atomic E-state index is 0.0356. The second kappa shape index (κ2) is 7.85. The molecule has 0 saturated carbocycles. The fraction of sp³-hybridized carbons (Fsp3) is 0.167. The van der Waals surface area contributed by atoms with Crippen LogP contribution in [-0.2, 0) is 13.0 Å².